The average Bonchev–Trinajstić information content (AvgIpc) is 3.50. The molecule has 1 fully saturated rings. The van der Waals surface area contributed by atoms with Crippen molar-refractivity contribution in [3.63, 3.8) is 0 Å². The van der Waals surface area contributed by atoms with E-state index in [9.17, 15) is 4.39 Å². The Kier molecular flexibility index (Phi) is 6.79. The third-order valence-electron chi connectivity index (χ3n) is 9.23. The highest BCUT2D eigenvalue weighted by atomic mass is 19.1. The van der Waals surface area contributed by atoms with E-state index in [-0.39, 0.29) is 5.56 Å². The Morgan fingerprint density at radius 1 is 0.714 bits per heavy atom. The van der Waals surface area contributed by atoms with E-state index in [0.29, 0.717) is 40.2 Å². The van der Waals surface area contributed by atoms with Crippen LogP contribution in [0.2, 0.25) is 0 Å². The number of aromatic nitrogens is 6. The van der Waals surface area contributed by atoms with Gasteiger partial charge in [-0.1, -0.05) is 96.2 Å². The summed E-state index contributed by atoms with van der Waals surface area (Å²) < 4.78 is 39.3. The average molecular weight is 647 g/mol. The lowest BCUT2D eigenvalue weighted by Crippen LogP contribution is -2.38. The lowest BCUT2D eigenvalue weighted by Gasteiger charge is -2.36. The number of pyridine rings is 1. The Bertz CT molecular complexity index is 2340. The largest absolute Gasteiger partial charge is 0.339 e. The van der Waals surface area contributed by atoms with Crippen molar-refractivity contribution in [2.75, 3.05) is 0 Å². The minimum absolute atomic E-state index is 0.177. The highest BCUT2D eigenvalue weighted by Crippen LogP contribution is 2.44. The number of imidazole rings is 1. The van der Waals surface area contributed by atoms with Crippen LogP contribution < -0.4 is 0 Å². The zero-order chi connectivity index (χ0) is 33.0. The number of hydrogen-bond donors (Lipinski definition) is 0. The second-order valence-electron chi connectivity index (χ2n) is 12.3. The van der Waals surface area contributed by atoms with Crippen LogP contribution in [0, 0.1) is 11.6 Å². The molecule has 0 amide bonds. The predicted octanol–water partition coefficient (Wildman–Crippen LogP) is 8.91. The van der Waals surface area contributed by atoms with E-state index in [1.165, 1.54) is 12.1 Å². The number of hydrogen-bond acceptors (Lipinski definition) is 5. The maximum atomic E-state index is 15.7. The Balaban J connectivity index is 1.32. The Morgan fingerprint density at radius 3 is 1.98 bits per heavy atom. The van der Waals surface area contributed by atoms with Crippen LogP contribution in [-0.4, -0.2) is 29.3 Å². The molecule has 8 aromatic rings. The van der Waals surface area contributed by atoms with Gasteiger partial charge in [0.05, 0.1) is 6.20 Å². The molecule has 238 valence electrons. The van der Waals surface area contributed by atoms with E-state index in [1.54, 1.807) is 6.20 Å². The van der Waals surface area contributed by atoms with Gasteiger partial charge in [0.15, 0.2) is 0 Å². The summed E-state index contributed by atoms with van der Waals surface area (Å²) in [5.74, 6) is 0.0255. The van der Waals surface area contributed by atoms with Crippen LogP contribution >= 0.6 is 0 Å². The first-order valence-corrected chi connectivity index (χ1v) is 16.1. The third kappa shape index (κ3) is 4.85. The first-order chi connectivity index (χ1) is 24.1. The van der Waals surface area contributed by atoms with E-state index in [4.69, 9.17) is 9.62 Å². The molecule has 1 aliphatic rings. The lowest BCUT2D eigenvalue weighted by atomic mass is 9.77. The van der Waals surface area contributed by atoms with Crippen molar-refractivity contribution >= 4 is 5.65 Å². The molecule has 0 saturated heterocycles. The molecule has 0 atom stereocenters. The van der Waals surface area contributed by atoms with Crippen molar-refractivity contribution in [2.45, 2.75) is 24.3 Å². The first-order valence-electron chi connectivity index (χ1n) is 16.1. The molecule has 1 aliphatic carbocycles. The zero-order valence-electron chi connectivity index (χ0n) is 26.1. The summed E-state index contributed by atoms with van der Waals surface area (Å²) in [6.07, 6.45) is 7.68. The molecular formula is C40H28F2N6O. The summed E-state index contributed by atoms with van der Waals surface area (Å²) in [7, 11) is 0. The second-order valence-corrected chi connectivity index (χ2v) is 12.3. The summed E-state index contributed by atoms with van der Waals surface area (Å²) in [5, 5.41) is 9.46. The van der Waals surface area contributed by atoms with Crippen LogP contribution in [-0.2, 0) is 5.54 Å². The van der Waals surface area contributed by atoms with E-state index in [2.05, 4.69) is 51.5 Å². The van der Waals surface area contributed by atoms with Crippen molar-refractivity contribution in [1.29, 1.82) is 0 Å². The van der Waals surface area contributed by atoms with Crippen LogP contribution in [0.5, 0.6) is 0 Å². The van der Waals surface area contributed by atoms with E-state index >= 15 is 4.39 Å². The highest BCUT2D eigenvalue weighted by molar-refractivity contribution is 5.81. The summed E-state index contributed by atoms with van der Waals surface area (Å²) in [6.45, 7) is 0. The molecule has 0 bridgehead atoms. The molecule has 49 heavy (non-hydrogen) atoms. The Hall–Kier alpha value is -6.22. The molecule has 9 heteroatoms. The van der Waals surface area contributed by atoms with Crippen LogP contribution in [0.25, 0.3) is 39.5 Å². The fourth-order valence-corrected chi connectivity index (χ4v) is 6.71. The van der Waals surface area contributed by atoms with Gasteiger partial charge in [0.2, 0.25) is 11.7 Å². The van der Waals surface area contributed by atoms with Gasteiger partial charge in [0.1, 0.15) is 34.2 Å². The Morgan fingerprint density at radius 2 is 1.37 bits per heavy atom. The topological polar surface area (TPSA) is 74.0 Å². The molecule has 4 heterocycles. The smallest absolute Gasteiger partial charge is 0.230 e. The third-order valence-corrected chi connectivity index (χ3v) is 9.23. The lowest BCUT2D eigenvalue weighted by molar-refractivity contribution is 0.380. The number of benzene rings is 4. The SMILES string of the molecule is Fc1ccc(-c2nn(C(c3ccccc3)(c3ccccc3)c3ccccc3)cc2-c2ccc3ncc(-c4noc(C5CC5)n4)n3c2)c(F)c1. The fraction of sp³-hybridized carbons (Fsp3) is 0.100. The van der Waals surface area contributed by atoms with Gasteiger partial charge in [0.25, 0.3) is 0 Å². The maximum Gasteiger partial charge on any atom is 0.230 e. The minimum Gasteiger partial charge on any atom is -0.339 e. The van der Waals surface area contributed by atoms with Gasteiger partial charge in [-0.25, -0.2) is 13.8 Å². The molecule has 0 N–H and O–H groups in total. The number of fused-ring (bicyclic) bond motifs is 1. The van der Waals surface area contributed by atoms with Gasteiger partial charge >= 0.3 is 0 Å². The van der Waals surface area contributed by atoms with Crippen molar-refractivity contribution in [1.82, 2.24) is 29.3 Å². The van der Waals surface area contributed by atoms with E-state index in [1.807, 2.05) is 88.2 Å². The quantitative estimate of drug-likeness (QED) is 0.154. The monoisotopic (exact) mass is 646 g/mol. The zero-order valence-corrected chi connectivity index (χ0v) is 26.1. The molecular weight excluding hydrogens is 618 g/mol. The summed E-state index contributed by atoms with van der Waals surface area (Å²) >= 11 is 0. The second kappa shape index (κ2) is 11.5. The first kappa shape index (κ1) is 29.0. The van der Waals surface area contributed by atoms with Gasteiger partial charge in [-0.05, 0) is 53.8 Å². The van der Waals surface area contributed by atoms with E-state index in [0.717, 1.165) is 41.2 Å². The van der Waals surface area contributed by atoms with Gasteiger partial charge in [-0.15, -0.1) is 0 Å². The number of nitrogens with zero attached hydrogens (tertiary/aromatic N) is 6. The van der Waals surface area contributed by atoms with Crippen molar-refractivity contribution in [2.24, 2.45) is 0 Å². The molecule has 0 radical (unpaired) electrons. The van der Waals surface area contributed by atoms with E-state index < -0.39 is 17.2 Å². The minimum atomic E-state index is -0.957. The summed E-state index contributed by atoms with van der Waals surface area (Å²) in [4.78, 5) is 9.24. The van der Waals surface area contributed by atoms with Crippen molar-refractivity contribution in [3.05, 3.63) is 174 Å². The highest BCUT2D eigenvalue weighted by Gasteiger charge is 2.40. The van der Waals surface area contributed by atoms with Crippen molar-refractivity contribution in [3.8, 4) is 33.9 Å². The molecule has 1 saturated carbocycles. The summed E-state index contributed by atoms with van der Waals surface area (Å²) in [6, 6.07) is 37.8. The molecule has 4 aromatic carbocycles. The number of halogens is 2. The molecule has 0 unspecified atom stereocenters. The Labute approximate surface area is 280 Å². The predicted molar refractivity (Wildman–Crippen MR) is 182 cm³/mol. The maximum absolute atomic E-state index is 15.7. The van der Waals surface area contributed by atoms with Crippen LogP contribution in [0.4, 0.5) is 8.78 Å². The number of rotatable bonds is 8. The van der Waals surface area contributed by atoms with Crippen LogP contribution in [0.3, 0.4) is 0 Å². The van der Waals surface area contributed by atoms with Gasteiger partial charge in [0, 0.05) is 41.1 Å². The van der Waals surface area contributed by atoms with Gasteiger partial charge < -0.3 is 4.52 Å². The normalized spacial score (nSPS) is 13.3. The standard InChI is InChI=1S/C40H28F2N6O/c41-31-19-20-32(34(42)22-31)37-33(27-18-21-36-43-23-35(47(36)24-27)38-44-39(49-46-38)26-16-17-26)25-48(45-37)40(28-10-4-1-5-11-28,29-12-6-2-7-13-29)30-14-8-3-9-15-30/h1-15,18-26H,16-17H2. The van der Waals surface area contributed by atoms with Crippen LogP contribution in [0.1, 0.15) is 41.3 Å². The summed E-state index contributed by atoms with van der Waals surface area (Å²) in [5.41, 5.74) is 5.21. The molecule has 4 aromatic heterocycles. The molecule has 0 aliphatic heterocycles. The molecule has 7 nitrogen and oxygen atoms in total. The fourth-order valence-electron chi connectivity index (χ4n) is 6.71. The van der Waals surface area contributed by atoms with Gasteiger partial charge in [-0.2, -0.15) is 10.1 Å². The van der Waals surface area contributed by atoms with Crippen LogP contribution in [0.15, 0.2) is 144 Å². The van der Waals surface area contributed by atoms with Gasteiger partial charge in [-0.3, -0.25) is 9.08 Å². The molecule has 0 spiro atoms. The molecule has 9 rings (SSSR count). The van der Waals surface area contributed by atoms with Crippen molar-refractivity contribution < 1.29 is 13.3 Å².